The maximum absolute atomic E-state index is 6.06. The van der Waals surface area contributed by atoms with E-state index in [1.54, 1.807) is 6.07 Å². The van der Waals surface area contributed by atoms with Crippen LogP contribution >= 0.6 is 23.2 Å². The first kappa shape index (κ1) is 14.5. The van der Waals surface area contributed by atoms with Crippen molar-refractivity contribution in [3.8, 4) is 0 Å². The largest absolute Gasteiger partial charge is 0.380 e. The Kier molecular flexibility index (Phi) is 7.29. The number of nitrogens with one attached hydrogen (secondary N) is 1. The fourth-order valence-electron chi connectivity index (χ4n) is 1.32. The van der Waals surface area contributed by atoms with Crippen molar-refractivity contribution >= 4 is 23.2 Å². The quantitative estimate of drug-likeness (QED) is 0.577. The molecule has 0 atom stereocenters. The van der Waals surface area contributed by atoms with Crippen molar-refractivity contribution in [1.82, 2.24) is 5.32 Å². The van der Waals surface area contributed by atoms with Gasteiger partial charge in [-0.25, -0.2) is 0 Å². The summed E-state index contributed by atoms with van der Waals surface area (Å²) in [6, 6.07) is 5.64. The molecule has 1 rings (SSSR count). The summed E-state index contributed by atoms with van der Waals surface area (Å²) >= 11 is 12.0. The molecule has 1 aromatic carbocycles. The predicted molar refractivity (Wildman–Crippen MR) is 73.8 cm³/mol. The average molecular weight is 274 g/mol. The second kappa shape index (κ2) is 8.54. The SMILES string of the molecule is C=CCCOCCNCc1cccc(Cl)c1Cl. The summed E-state index contributed by atoms with van der Waals surface area (Å²) in [5, 5.41) is 4.46. The minimum atomic E-state index is 0.591. The van der Waals surface area contributed by atoms with Crippen LogP contribution in [0.3, 0.4) is 0 Å². The summed E-state index contributed by atoms with van der Waals surface area (Å²) in [5.74, 6) is 0. The minimum Gasteiger partial charge on any atom is -0.380 e. The fraction of sp³-hybridized carbons (Fsp3) is 0.385. The smallest absolute Gasteiger partial charge is 0.0637 e. The van der Waals surface area contributed by atoms with Crippen LogP contribution in [-0.2, 0) is 11.3 Å². The van der Waals surface area contributed by atoms with E-state index in [-0.39, 0.29) is 0 Å². The van der Waals surface area contributed by atoms with Gasteiger partial charge in [0.1, 0.15) is 0 Å². The molecule has 17 heavy (non-hydrogen) atoms. The van der Waals surface area contributed by atoms with Crippen LogP contribution in [0.2, 0.25) is 10.0 Å². The van der Waals surface area contributed by atoms with E-state index in [4.69, 9.17) is 27.9 Å². The molecule has 1 aromatic rings. The molecule has 0 heterocycles. The summed E-state index contributed by atoms with van der Waals surface area (Å²) in [6.07, 6.45) is 2.74. The Morgan fingerprint density at radius 2 is 2.12 bits per heavy atom. The Morgan fingerprint density at radius 3 is 2.88 bits per heavy atom. The van der Waals surface area contributed by atoms with Gasteiger partial charge >= 0.3 is 0 Å². The molecule has 0 aliphatic carbocycles. The molecule has 1 N–H and O–H groups in total. The Bertz CT molecular complexity index is 355. The average Bonchev–Trinajstić information content (AvgIpc) is 2.33. The highest BCUT2D eigenvalue weighted by atomic mass is 35.5. The molecule has 0 aromatic heterocycles. The van der Waals surface area contributed by atoms with Gasteiger partial charge in [0.25, 0.3) is 0 Å². The lowest BCUT2D eigenvalue weighted by Crippen LogP contribution is -2.19. The van der Waals surface area contributed by atoms with Gasteiger partial charge in [-0.3, -0.25) is 0 Å². The third-order valence-electron chi connectivity index (χ3n) is 2.24. The lowest BCUT2D eigenvalue weighted by atomic mass is 10.2. The van der Waals surface area contributed by atoms with Crippen molar-refractivity contribution in [2.24, 2.45) is 0 Å². The van der Waals surface area contributed by atoms with Gasteiger partial charge in [0.05, 0.1) is 23.3 Å². The molecule has 4 heteroatoms. The summed E-state index contributed by atoms with van der Waals surface area (Å²) in [4.78, 5) is 0. The molecule has 0 aliphatic heterocycles. The van der Waals surface area contributed by atoms with Crippen LogP contribution in [0.4, 0.5) is 0 Å². The zero-order chi connectivity index (χ0) is 12.5. The maximum Gasteiger partial charge on any atom is 0.0637 e. The Morgan fingerprint density at radius 1 is 1.29 bits per heavy atom. The zero-order valence-electron chi connectivity index (χ0n) is 9.72. The number of halogens is 2. The first-order chi connectivity index (χ1) is 8.25. The number of ether oxygens (including phenoxy) is 1. The van der Waals surface area contributed by atoms with Gasteiger partial charge in [-0.05, 0) is 18.1 Å². The van der Waals surface area contributed by atoms with Crippen LogP contribution in [0.25, 0.3) is 0 Å². The van der Waals surface area contributed by atoms with Crippen LogP contribution in [0.5, 0.6) is 0 Å². The van der Waals surface area contributed by atoms with E-state index in [9.17, 15) is 0 Å². The van der Waals surface area contributed by atoms with Gasteiger partial charge in [0, 0.05) is 13.1 Å². The van der Waals surface area contributed by atoms with Gasteiger partial charge in [-0.15, -0.1) is 6.58 Å². The van der Waals surface area contributed by atoms with Gasteiger partial charge < -0.3 is 10.1 Å². The van der Waals surface area contributed by atoms with Gasteiger partial charge in [0.15, 0.2) is 0 Å². The number of rotatable bonds is 8. The number of hydrogen-bond donors (Lipinski definition) is 1. The van der Waals surface area contributed by atoms with E-state index in [0.29, 0.717) is 23.2 Å². The van der Waals surface area contributed by atoms with Crippen LogP contribution in [0, 0.1) is 0 Å². The van der Waals surface area contributed by atoms with E-state index in [2.05, 4.69) is 11.9 Å². The molecule has 2 nitrogen and oxygen atoms in total. The third-order valence-corrected chi connectivity index (χ3v) is 3.09. The first-order valence-corrected chi connectivity index (χ1v) is 6.33. The highest BCUT2D eigenvalue weighted by molar-refractivity contribution is 6.42. The molecule has 0 amide bonds. The van der Waals surface area contributed by atoms with Crippen LogP contribution in [0.15, 0.2) is 30.9 Å². The van der Waals surface area contributed by atoms with Gasteiger partial charge in [-0.1, -0.05) is 41.4 Å². The standard InChI is InChI=1S/C13H17Cl2NO/c1-2-3-8-17-9-7-16-10-11-5-4-6-12(14)13(11)15/h2,4-6,16H,1,3,7-10H2. The van der Waals surface area contributed by atoms with Crippen molar-refractivity contribution in [1.29, 1.82) is 0 Å². The molecule has 0 spiro atoms. The molecule has 0 radical (unpaired) electrons. The summed E-state index contributed by atoms with van der Waals surface area (Å²) in [6.45, 7) is 6.53. The van der Waals surface area contributed by atoms with Gasteiger partial charge in [0.2, 0.25) is 0 Å². The van der Waals surface area contributed by atoms with E-state index in [1.807, 2.05) is 18.2 Å². The lowest BCUT2D eigenvalue weighted by molar-refractivity contribution is 0.140. The van der Waals surface area contributed by atoms with E-state index >= 15 is 0 Å². The number of benzene rings is 1. The molecule has 0 saturated carbocycles. The van der Waals surface area contributed by atoms with Crippen LogP contribution < -0.4 is 5.32 Å². The Labute approximate surface area is 113 Å². The monoisotopic (exact) mass is 273 g/mol. The van der Waals surface area contributed by atoms with Crippen molar-refractivity contribution in [3.63, 3.8) is 0 Å². The Hall–Kier alpha value is -0.540. The van der Waals surface area contributed by atoms with Crippen molar-refractivity contribution < 1.29 is 4.74 Å². The van der Waals surface area contributed by atoms with E-state index < -0.39 is 0 Å². The zero-order valence-corrected chi connectivity index (χ0v) is 11.2. The summed E-state index contributed by atoms with van der Waals surface area (Å²) in [5.41, 5.74) is 1.00. The second-order valence-electron chi connectivity index (χ2n) is 3.58. The van der Waals surface area contributed by atoms with Gasteiger partial charge in [-0.2, -0.15) is 0 Å². The maximum atomic E-state index is 6.06. The third kappa shape index (κ3) is 5.55. The first-order valence-electron chi connectivity index (χ1n) is 5.58. The summed E-state index contributed by atoms with van der Waals surface area (Å²) < 4.78 is 5.37. The molecule has 0 fully saturated rings. The predicted octanol–water partition coefficient (Wildman–Crippen LogP) is 3.68. The minimum absolute atomic E-state index is 0.591. The van der Waals surface area contributed by atoms with Crippen molar-refractivity contribution in [3.05, 3.63) is 46.5 Å². The van der Waals surface area contributed by atoms with Crippen molar-refractivity contribution in [2.75, 3.05) is 19.8 Å². The molecular formula is C13H17Cl2NO. The Balaban J connectivity index is 2.18. The van der Waals surface area contributed by atoms with Crippen LogP contribution in [-0.4, -0.2) is 19.8 Å². The molecule has 0 unspecified atom stereocenters. The van der Waals surface area contributed by atoms with Crippen LogP contribution in [0.1, 0.15) is 12.0 Å². The highest BCUT2D eigenvalue weighted by Gasteiger charge is 2.02. The second-order valence-corrected chi connectivity index (χ2v) is 4.36. The topological polar surface area (TPSA) is 21.3 Å². The summed E-state index contributed by atoms with van der Waals surface area (Å²) in [7, 11) is 0. The molecular weight excluding hydrogens is 257 g/mol. The fourth-order valence-corrected chi connectivity index (χ4v) is 1.71. The molecule has 0 aliphatic rings. The normalized spacial score (nSPS) is 10.5. The van der Waals surface area contributed by atoms with E-state index in [0.717, 1.165) is 25.1 Å². The molecule has 0 bridgehead atoms. The lowest BCUT2D eigenvalue weighted by Gasteiger charge is -2.08. The molecule has 0 saturated heterocycles. The molecule has 94 valence electrons. The number of hydrogen-bond acceptors (Lipinski definition) is 2. The van der Waals surface area contributed by atoms with E-state index in [1.165, 1.54) is 0 Å². The van der Waals surface area contributed by atoms with Crippen molar-refractivity contribution in [2.45, 2.75) is 13.0 Å². The highest BCUT2D eigenvalue weighted by Crippen LogP contribution is 2.25.